The van der Waals surface area contributed by atoms with E-state index in [1.54, 1.807) is 0 Å². The molecule has 1 saturated heterocycles. The van der Waals surface area contributed by atoms with Gasteiger partial charge in [0.25, 0.3) is 0 Å². The Bertz CT molecular complexity index is 443. The third-order valence-corrected chi connectivity index (χ3v) is 2.77. The van der Waals surface area contributed by atoms with E-state index in [0.29, 0.717) is 5.82 Å². The minimum atomic E-state index is -0.462. The van der Waals surface area contributed by atoms with Gasteiger partial charge >= 0.3 is 5.69 Å². The summed E-state index contributed by atoms with van der Waals surface area (Å²) in [6.07, 6.45) is 2.04. The molecule has 0 unspecified atom stereocenters. The average molecular weight is 238 g/mol. The third-order valence-electron chi connectivity index (χ3n) is 2.77. The number of nitrogens with two attached hydrogens (primary N) is 1. The summed E-state index contributed by atoms with van der Waals surface area (Å²) < 4.78 is 4.99. The van der Waals surface area contributed by atoms with Gasteiger partial charge in [-0.15, -0.1) is 0 Å². The first-order valence-electron chi connectivity index (χ1n) is 5.37. The van der Waals surface area contributed by atoms with Gasteiger partial charge in [0.2, 0.25) is 11.7 Å². The summed E-state index contributed by atoms with van der Waals surface area (Å²) in [4.78, 5) is 16.5. The minimum absolute atomic E-state index is 0.0646. The van der Waals surface area contributed by atoms with E-state index in [4.69, 9.17) is 10.5 Å². The van der Waals surface area contributed by atoms with Crippen LogP contribution in [0.1, 0.15) is 12.8 Å². The van der Waals surface area contributed by atoms with Crippen molar-refractivity contribution < 1.29 is 9.66 Å². The normalized spacial score (nSPS) is 15.0. The summed E-state index contributed by atoms with van der Waals surface area (Å²) in [5.41, 5.74) is 5.74. The van der Waals surface area contributed by atoms with Crippen molar-refractivity contribution in [2.75, 3.05) is 30.8 Å². The van der Waals surface area contributed by atoms with E-state index in [1.165, 1.54) is 13.2 Å². The van der Waals surface area contributed by atoms with Gasteiger partial charge in [-0.2, -0.15) is 4.98 Å². The topological polar surface area (TPSA) is 94.5 Å². The van der Waals surface area contributed by atoms with Crippen LogP contribution in [0.3, 0.4) is 0 Å². The summed E-state index contributed by atoms with van der Waals surface area (Å²) in [5, 5.41) is 11.0. The summed E-state index contributed by atoms with van der Waals surface area (Å²) in [6, 6.07) is 1.31. The first kappa shape index (κ1) is 11.4. The molecule has 0 amide bonds. The molecule has 1 fully saturated rings. The lowest BCUT2D eigenvalue weighted by molar-refractivity contribution is -0.384. The summed E-state index contributed by atoms with van der Waals surface area (Å²) in [5.74, 6) is 0.580. The van der Waals surface area contributed by atoms with Crippen molar-refractivity contribution in [3.8, 4) is 5.88 Å². The van der Waals surface area contributed by atoms with Gasteiger partial charge in [-0.3, -0.25) is 10.1 Å². The van der Waals surface area contributed by atoms with Gasteiger partial charge < -0.3 is 15.4 Å². The Morgan fingerprint density at radius 1 is 1.53 bits per heavy atom. The number of nitrogen functional groups attached to an aromatic ring is 1. The van der Waals surface area contributed by atoms with Crippen molar-refractivity contribution >= 4 is 17.2 Å². The molecule has 0 saturated carbocycles. The van der Waals surface area contributed by atoms with E-state index >= 15 is 0 Å². The molecular formula is C10H14N4O3. The Morgan fingerprint density at radius 3 is 2.71 bits per heavy atom. The van der Waals surface area contributed by atoms with Crippen LogP contribution >= 0.6 is 0 Å². The zero-order chi connectivity index (χ0) is 12.4. The standard InChI is InChI=1S/C10H14N4O3/c1-17-10-7(11)6-8(14(15)16)9(12-10)13-4-2-3-5-13/h6H,2-5,11H2,1H3. The quantitative estimate of drug-likeness (QED) is 0.627. The lowest BCUT2D eigenvalue weighted by Crippen LogP contribution is -2.20. The van der Waals surface area contributed by atoms with Crippen LogP contribution in [0, 0.1) is 10.1 Å². The Labute approximate surface area is 98.3 Å². The van der Waals surface area contributed by atoms with Crippen LogP contribution in [0.25, 0.3) is 0 Å². The van der Waals surface area contributed by atoms with Crippen molar-refractivity contribution in [1.82, 2.24) is 4.98 Å². The highest BCUT2D eigenvalue weighted by Gasteiger charge is 2.26. The molecule has 92 valence electrons. The molecule has 7 heteroatoms. The number of hydrogen-bond donors (Lipinski definition) is 1. The molecule has 1 aliphatic rings. The van der Waals surface area contributed by atoms with Gasteiger partial charge in [0, 0.05) is 19.2 Å². The van der Waals surface area contributed by atoms with Crippen molar-refractivity contribution in [3.05, 3.63) is 16.2 Å². The van der Waals surface area contributed by atoms with Crippen molar-refractivity contribution in [2.45, 2.75) is 12.8 Å². The van der Waals surface area contributed by atoms with Crippen LogP contribution in [-0.4, -0.2) is 30.1 Å². The number of anilines is 2. The largest absolute Gasteiger partial charge is 0.479 e. The second-order valence-electron chi connectivity index (χ2n) is 3.88. The van der Waals surface area contributed by atoms with E-state index in [9.17, 15) is 10.1 Å². The molecule has 0 bridgehead atoms. The summed E-state index contributed by atoms with van der Waals surface area (Å²) >= 11 is 0. The highest BCUT2D eigenvalue weighted by atomic mass is 16.6. The monoisotopic (exact) mass is 238 g/mol. The van der Waals surface area contributed by atoms with Crippen LogP contribution in [-0.2, 0) is 0 Å². The van der Waals surface area contributed by atoms with E-state index in [-0.39, 0.29) is 17.3 Å². The van der Waals surface area contributed by atoms with E-state index in [2.05, 4.69) is 4.98 Å². The Kier molecular flexibility index (Phi) is 2.99. The summed E-state index contributed by atoms with van der Waals surface area (Å²) in [7, 11) is 1.44. The second kappa shape index (κ2) is 4.44. The smallest absolute Gasteiger partial charge is 0.313 e. The van der Waals surface area contributed by atoms with E-state index in [1.807, 2.05) is 4.90 Å². The van der Waals surface area contributed by atoms with Gasteiger partial charge in [0.1, 0.15) is 5.69 Å². The predicted molar refractivity (Wildman–Crippen MR) is 63.3 cm³/mol. The average Bonchev–Trinajstić information content (AvgIpc) is 2.82. The molecule has 2 rings (SSSR count). The SMILES string of the molecule is COc1nc(N2CCCC2)c([N+](=O)[O-])cc1N. The van der Waals surface area contributed by atoms with Crippen LogP contribution in [0.2, 0.25) is 0 Å². The Hall–Kier alpha value is -2.05. The fourth-order valence-electron chi connectivity index (χ4n) is 1.95. The van der Waals surface area contributed by atoms with Crippen LogP contribution < -0.4 is 15.4 Å². The molecule has 2 N–H and O–H groups in total. The van der Waals surface area contributed by atoms with Crippen molar-refractivity contribution in [2.24, 2.45) is 0 Å². The maximum Gasteiger partial charge on any atom is 0.313 e. The molecular weight excluding hydrogens is 224 g/mol. The highest BCUT2D eigenvalue weighted by Crippen LogP contribution is 2.34. The third kappa shape index (κ3) is 2.08. The number of methoxy groups -OCH3 is 1. The van der Waals surface area contributed by atoms with Crippen molar-refractivity contribution in [1.29, 1.82) is 0 Å². The first-order chi connectivity index (χ1) is 8.13. The number of pyridine rings is 1. The fraction of sp³-hybridized carbons (Fsp3) is 0.500. The highest BCUT2D eigenvalue weighted by molar-refractivity contribution is 5.67. The molecule has 1 aromatic heterocycles. The maximum atomic E-state index is 11.0. The molecule has 1 aliphatic heterocycles. The van der Waals surface area contributed by atoms with Crippen molar-refractivity contribution in [3.63, 3.8) is 0 Å². The first-order valence-corrected chi connectivity index (χ1v) is 5.37. The Balaban J connectivity index is 2.49. The van der Waals surface area contributed by atoms with E-state index in [0.717, 1.165) is 25.9 Å². The molecule has 7 nitrogen and oxygen atoms in total. The number of rotatable bonds is 3. The number of ether oxygens (including phenoxy) is 1. The minimum Gasteiger partial charge on any atom is -0.479 e. The molecule has 0 aromatic carbocycles. The molecule has 2 heterocycles. The molecule has 17 heavy (non-hydrogen) atoms. The molecule has 0 aliphatic carbocycles. The number of nitrogens with zero attached hydrogens (tertiary/aromatic N) is 3. The van der Waals surface area contributed by atoms with Crippen LogP contribution in [0.4, 0.5) is 17.2 Å². The zero-order valence-corrected chi connectivity index (χ0v) is 9.55. The van der Waals surface area contributed by atoms with Gasteiger partial charge in [0.05, 0.1) is 12.0 Å². The zero-order valence-electron chi connectivity index (χ0n) is 9.55. The van der Waals surface area contributed by atoms with Crippen LogP contribution in [0.15, 0.2) is 6.07 Å². The lowest BCUT2D eigenvalue weighted by atomic mass is 10.3. The van der Waals surface area contributed by atoms with Crippen LogP contribution in [0.5, 0.6) is 5.88 Å². The van der Waals surface area contributed by atoms with Gasteiger partial charge in [-0.05, 0) is 12.8 Å². The second-order valence-corrected chi connectivity index (χ2v) is 3.88. The van der Waals surface area contributed by atoms with Gasteiger partial charge in [-0.1, -0.05) is 0 Å². The Morgan fingerprint density at radius 2 is 2.18 bits per heavy atom. The summed E-state index contributed by atoms with van der Waals surface area (Å²) in [6.45, 7) is 1.56. The fourth-order valence-corrected chi connectivity index (χ4v) is 1.95. The lowest BCUT2D eigenvalue weighted by Gasteiger charge is -2.17. The number of aromatic nitrogens is 1. The molecule has 0 radical (unpaired) electrons. The molecule has 0 atom stereocenters. The van der Waals surface area contributed by atoms with Gasteiger partial charge in [-0.25, -0.2) is 0 Å². The molecule has 1 aromatic rings. The predicted octanol–water partition coefficient (Wildman–Crippen LogP) is 1.18. The number of nitro groups is 1. The maximum absolute atomic E-state index is 11.0. The van der Waals surface area contributed by atoms with E-state index < -0.39 is 4.92 Å². The van der Waals surface area contributed by atoms with Gasteiger partial charge in [0.15, 0.2) is 0 Å². The molecule has 0 spiro atoms. The number of hydrogen-bond acceptors (Lipinski definition) is 6.